The van der Waals surface area contributed by atoms with Crippen molar-refractivity contribution in [1.29, 1.82) is 21.0 Å². The zero-order valence-corrected chi connectivity index (χ0v) is 77.7. The number of benzene rings is 4. The van der Waals surface area contributed by atoms with Crippen LogP contribution in [0.5, 0.6) is 0 Å². The number of hydrogen-bond acceptors (Lipinski definition) is 29. The van der Waals surface area contributed by atoms with E-state index in [0.717, 1.165) is 87.3 Å². The predicted molar refractivity (Wildman–Crippen MR) is 527 cm³/mol. The molecule has 1 saturated heterocycles. The van der Waals surface area contributed by atoms with Crippen molar-refractivity contribution in [2.45, 2.75) is 38.2 Å². The molecule has 1 atom stereocenters. The third-order valence-corrected chi connectivity index (χ3v) is 23.2. The number of fused-ring (bicyclic) bond motifs is 4. The first-order valence-electron chi connectivity index (χ1n) is 43.2. The van der Waals surface area contributed by atoms with Crippen molar-refractivity contribution in [3.8, 4) is 115 Å². The lowest BCUT2D eigenvalue weighted by molar-refractivity contribution is -0.0590. The van der Waals surface area contributed by atoms with E-state index in [1.165, 1.54) is 11.9 Å². The molecule has 16 heterocycles. The Hall–Kier alpha value is -16.6. The summed E-state index contributed by atoms with van der Waals surface area (Å²) in [6.07, 6.45) is 29.1. The first-order chi connectivity index (χ1) is 66.8. The molecule has 1 aliphatic heterocycles. The second-order valence-electron chi connectivity index (χ2n) is 31.8. The van der Waals surface area contributed by atoms with Gasteiger partial charge in [-0.3, -0.25) is 48.5 Å². The lowest BCUT2D eigenvalue weighted by Gasteiger charge is -2.29. The van der Waals surface area contributed by atoms with Crippen molar-refractivity contribution in [3.05, 3.63) is 292 Å². The molecule has 1 aliphatic rings. The van der Waals surface area contributed by atoms with E-state index in [1.54, 1.807) is 86.4 Å². The number of aromatic nitrogens is 24. The summed E-state index contributed by atoms with van der Waals surface area (Å²) in [5.41, 5.74) is 16.8. The second-order valence-corrected chi connectivity index (χ2v) is 33.5. The number of pyridine rings is 5. The first kappa shape index (κ1) is 92.3. The number of anilines is 4. The maximum atomic E-state index is 9.88. The number of nitrogens with one attached hydrogen (secondary N) is 4. The Morgan fingerprint density at radius 3 is 1.03 bits per heavy atom. The quantitative estimate of drug-likeness (QED) is 0.0436. The van der Waals surface area contributed by atoms with Gasteiger partial charge in [-0.25, -0.2) is 49.8 Å². The topological polar surface area (TPSA) is 425 Å². The Labute approximate surface area is 805 Å². The van der Waals surface area contributed by atoms with Crippen LogP contribution in [0.2, 0.25) is 20.1 Å². The summed E-state index contributed by atoms with van der Waals surface area (Å²) in [7, 11) is 11.4. The highest BCUT2D eigenvalue weighted by Gasteiger charge is 2.27. The first-order valence-corrected chi connectivity index (χ1v) is 44.8. The van der Waals surface area contributed by atoms with Gasteiger partial charge in [0.15, 0.2) is 46.0 Å². The van der Waals surface area contributed by atoms with Gasteiger partial charge in [-0.1, -0.05) is 70.7 Å². The number of halogens is 4. The summed E-state index contributed by atoms with van der Waals surface area (Å²) < 4.78 is 14.7. The van der Waals surface area contributed by atoms with Crippen molar-refractivity contribution in [2.75, 3.05) is 67.8 Å². The van der Waals surface area contributed by atoms with Gasteiger partial charge in [0.05, 0.1) is 55.0 Å². The van der Waals surface area contributed by atoms with E-state index in [1.807, 2.05) is 193 Å². The average molecular weight is 1890 g/mol. The Morgan fingerprint density at radius 1 is 0.365 bits per heavy atom. The molecule has 4 N–H and O–H groups in total. The zero-order chi connectivity index (χ0) is 95.0. The van der Waals surface area contributed by atoms with Gasteiger partial charge in [0.1, 0.15) is 98.9 Å². The molecule has 0 spiro atoms. The van der Waals surface area contributed by atoms with E-state index in [0.29, 0.717) is 173 Å². The maximum absolute atomic E-state index is 9.88. The van der Waals surface area contributed by atoms with Gasteiger partial charge in [0.2, 0.25) is 0 Å². The predicted octanol–water partition coefficient (Wildman–Crippen LogP) is 17.4. The fourth-order valence-electron chi connectivity index (χ4n) is 15.4. The minimum atomic E-state index is 0.180. The third-order valence-electron chi connectivity index (χ3n) is 22.1. The van der Waals surface area contributed by atoms with E-state index in [-0.39, 0.29) is 28.9 Å². The molecule has 137 heavy (non-hydrogen) atoms. The normalized spacial score (nSPS) is 12.3. The molecule has 0 radical (unpaired) electrons. The molecule has 38 heteroatoms. The van der Waals surface area contributed by atoms with Crippen molar-refractivity contribution in [2.24, 2.45) is 35.2 Å². The standard InChI is InChI=1S/C25H25ClN8O.C25H21ClN8.C25H19ClN8.C24H18ClN9/c1-33-10-6-18(35-15-33)5-9-29-25-21(14-27)30-23(24(31-25)20-7-11-34(2)32-20)17-12-16-4-3-8-28-22(16)19(26)13-17;1-33-10-6-16(15-33)5-9-29-25-21(14-27)30-23(24(31-25)20-7-11-34(2)32-20)18-12-17-4-3-8-28-22(17)19(26)13-18;1-34-12-7-20(33-34)24-23(18-13-17-3-2-8-29-22(17)19(26)14-18)31-21(15-27)25(32-24)30-11-6-16-4-9-28-10-5-16;1-34-10-6-19(33-34)23-22(16-11-15-3-2-7-28-21(15)18(25)12-16)31-20(13-26)24(32-23)29-9-5-17-4-8-27-14-30-17/h3-4,7-8,11-13,18H,5-6,9-10,15H2,1-2H3,(H,29,31);3-4,6-8,10-13,15H,5,9H2,1-2H3,(H,29,31);2-5,7-10,12-14H,6,11H2,1H3,(H,30,32);2-4,6-8,10-12,14H,5,9H2,1H3,(H,29,32). The highest BCUT2D eigenvalue weighted by Crippen LogP contribution is 2.41. The van der Waals surface area contributed by atoms with Gasteiger partial charge < -0.3 is 30.6 Å². The Morgan fingerprint density at radius 2 is 0.715 bits per heavy atom. The van der Waals surface area contributed by atoms with Crippen LogP contribution < -0.4 is 21.3 Å². The van der Waals surface area contributed by atoms with Gasteiger partial charge in [-0.2, -0.15) is 41.4 Å². The minimum Gasteiger partial charge on any atom is -0.368 e. The molecule has 4 aromatic carbocycles. The van der Waals surface area contributed by atoms with Crippen LogP contribution >= 0.6 is 46.4 Å². The van der Waals surface area contributed by atoms with Gasteiger partial charge in [-0.15, -0.1) is 0 Å². The number of aryl methyl sites for hydroxylation is 5. The molecular formula is C99H83Cl4N33O. The number of ether oxygens (including phenoxy) is 1. The molecule has 20 rings (SSSR count). The van der Waals surface area contributed by atoms with Crippen molar-refractivity contribution in [3.63, 3.8) is 0 Å². The Bertz CT molecular complexity index is 7590. The SMILES string of the molecule is CN1CCC(CCNc2nc(-c3ccn(C)n3)c(-c3cc(Cl)c4ncccc4c3)nc2C#N)OC1.Cn1ccc(-c2nc(NCCc3ccncc3)c(C#N)nc2-c2cc(Cl)c3ncccc3c2)n1.Cn1ccc(-c2nc(NCCc3ccncn3)c(C#N)nc2-c2cc(Cl)c3ncccc3c2)n1.Cn1ccc(CCNc2nc(-c3ccn(C)n3)c(-c3cc(Cl)c4ncccc4c3)nc2C#N)c1. The van der Waals surface area contributed by atoms with Crippen LogP contribution in [0.15, 0.2) is 232 Å². The van der Waals surface area contributed by atoms with Crippen LogP contribution in [0.1, 0.15) is 52.4 Å². The molecule has 19 aromatic rings. The number of nitrogens with zero attached hydrogens (tertiary/aromatic N) is 29. The molecule has 0 amide bonds. The van der Waals surface area contributed by atoms with Crippen LogP contribution in [0.4, 0.5) is 23.3 Å². The monoisotopic (exact) mass is 1890 g/mol. The van der Waals surface area contributed by atoms with Crippen LogP contribution in [-0.4, -0.2) is 176 Å². The maximum Gasteiger partial charge on any atom is 0.183 e. The van der Waals surface area contributed by atoms with E-state index in [9.17, 15) is 21.0 Å². The van der Waals surface area contributed by atoms with Gasteiger partial charge in [0.25, 0.3) is 0 Å². The summed E-state index contributed by atoms with van der Waals surface area (Å²) in [4.78, 5) is 69.8. The van der Waals surface area contributed by atoms with Crippen LogP contribution in [-0.2, 0) is 59.2 Å². The van der Waals surface area contributed by atoms with Crippen molar-refractivity contribution >= 4 is 113 Å². The molecular weight excluding hydrogens is 1810 g/mol. The molecule has 678 valence electrons. The smallest absolute Gasteiger partial charge is 0.183 e. The molecule has 34 nitrogen and oxygen atoms in total. The summed E-state index contributed by atoms with van der Waals surface area (Å²) in [6.45, 7) is 3.98. The third kappa shape index (κ3) is 21.9. The molecule has 0 bridgehead atoms. The fraction of sp³-hybridized carbons (Fsp3) is 0.182. The Balaban J connectivity index is 0.000000127. The molecule has 1 fully saturated rings. The lowest BCUT2D eigenvalue weighted by atomic mass is 10.0. The van der Waals surface area contributed by atoms with E-state index in [2.05, 4.69) is 123 Å². The summed E-state index contributed by atoms with van der Waals surface area (Å²) in [6, 6.07) is 54.1. The average Bonchev–Trinajstić information content (AvgIpc) is 1.78. The second kappa shape index (κ2) is 42.5. The zero-order valence-electron chi connectivity index (χ0n) is 74.7. The number of rotatable bonds is 24. The lowest BCUT2D eigenvalue weighted by Crippen LogP contribution is -2.36. The van der Waals surface area contributed by atoms with Crippen LogP contribution in [0, 0.1) is 45.3 Å². The summed E-state index contributed by atoms with van der Waals surface area (Å²) in [5, 5.41) is 76.1. The minimum absolute atomic E-state index is 0.180. The van der Waals surface area contributed by atoms with E-state index < -0.39 is 0 Å². The van der Waals surface area contributed by atoms with Crippen molar-refractivity contribution in [1.82, 2.24) is 123 Å². The van der Waals surface area contributed by atoms with Gasteiger partial charge >= 0.3 is 0 Å². The highest BCUT2D eigenvalue weighted by atomic mass is 35.5. The van der Waals surface area contributed by atoms with Crippen molar-refractivity contribution < 1.29 is 4.74 Å². The summed E-state index contributed by atoms with van der Waals surface area (Å²) >= 11 is 26.1. The number of nitriles is 4. The largest absolute Gasteiger partial charge is 0.368 e. The van der Waals surface area contributed by atoms with Crippen LogP contribution in [0.3, 0.4) is 0 Å². The molecule has 1 unspecified atom stereocenters. The van der Waals surface area contributed by atoms with E-state index >= 15 is 0 Å². The Kier molecular flexibility index (Phi) is 28.7. The van der Waals surface area contributed by atoms with E-state index in [4.69, 9.17) is 86.0 Å². The highest BCUT2D eigenvalue weighted by molar-refractivity contribution is 6.37. The van der Waals surface area contributed by atoms with Gasteiger partial charge in [0, 0.05) is 204 Å². The molecule has 15 aromatic heterocycles. The fourth-order valence-corrected chi connectivity index (χ4v) is 16.5. The summed E-state index contributed by atoms with van der Waals surface area (Å²) in [5.74, 6) is 1.65. The van der Waals surface area contributed by atoms with Crippen LogP contribution in [0.25, 0.3) is 134 Å². The molecule has 0 aliphatic carbocycles. The molecule has 0 saturated carbocycles. The number of hydrogen-bond donors (Lipinski definition) is 4. The van der Waals surface area contributed by atoms with Gasteiger partial charge in [-0.05, 0) is 165 Å².